The highest BCUT2D eigenvalue weighted by molar-refractivity contribution is 5.93. The van der Waals surface area contributed by atoms with Gasteiger partial charge in [-0.3, -0.25) is 15.2 Å². The van der Waals surface area contributed by atoms with Gasteiger partial charge in [0.1, 0.15) is 11.8 Å². The van der Waals surface area contributed by atoms with Gasteiger partial charge in [-0.15, -0.1) is 0 Å². The molecule has 2 heterocycles. The molecule has 1 atom stereocenters. The van der Waals surface area contributed by atoms with E-state index in [9.17, 15) is 9.90 Å². The molecule has 0 saturated heterocycles. The van der Waals surface area contributed by atoms with Crippen molar-refractivity contribution >= 4 is 5.91 Å². The molecule has 0 aliphatic heterocycles. The van der Waals surface area contributed by atoms with Crippen LogP contribution in [0, 0.1) is 0 Å². The van der Waals surface area contributed by atoms with Gasteiger partial charge in [0.05, 0.1) is 18.4 Å². The normalized spacial score (nSPS) is 12.1. The summed E-state index contributed by atoms with van der Waals surface area (Å²) in [4.78, 5) is 15.6. The summed E-state index contributed by atoms with van der Waals surface area (Å²) in [5.74, 6) is 0.220. The van der Waals surface area contributed by atoms with Crippen molar-refractivity contribution in [2.45, 2.75) is 6.04 Å². The summed E-state index contributed by atoms with van der Waals surface area (Å²) in [6, 6.07) is 6.25. The maximum Gasteiger partial charge on any atom is 0.266 e. The minimum Gasteiger partial charge on any atom is -0.468 e. The number of aromatic nitrogens is 1. The van der Waals surface area contributed by atoms with Crippen LogP contribution in [0.4, 0.5) is 0 Å². The molecule has 6 nitrogen and oxygen atoms in total. The van der Waals surface area contributed by atoms with Crippen molar-refractivity contribution in [3.63, 3.8) is 0 Å². The molecule has 0 spiro atoms. The number of hydrogen-bond acceptors (Lipinski definition) is 5. The Hall–Kier alpha value is -2.18. The summed E-state index contributed by atoms with van der Waals surface area (Å²) in [5.41, 5.74) is 5.62. The lowest BCUT2D eigenvalue weighted by Crippen LogP contribution is -2.41. The zero-order chi connectivity index (χ0) is 12.8. The summed E-state index contributed by atoms with van der Waals surface area (Å²) in [6.45, 7) is -0.194. The predicted octanol–water partition coefficient (Wildman–Crippen LogP) is 0.643. The molecular weight excluding hydrogens is 234 g/mol. The highest BCUT2D eigenvalue weighted by Gasteiger charge is 2.14. The van der Waals surface area contributed by atoms with Crippen molar-refractivity contribution < 1.29 is 14.3 Å². The fraction of sp³-hybridized carbons (Fsp3) is 0.167. The quantitative estimate of drug-likeness (QED) is 0.675. The smallest absolute Gasteiger partial charge is 0.266 e. The lowest BCUT2D eigenvalue weighted by molar-refractivity contribution is 0.0910. The van der Waals surface area contributed by atoms with E-state index in [1.165, 1.54) is 12.5 Å². The summed E-state index contributed by atoms with van der Waals surface area (Å²) in [6.07, 6.45) is 4.55. The second-order valence-electron chi connectivity index (χ2n) is 3.59. The highest BCUT2D eigenvalue weighted by Crippen LogP contribution is 2.11. The third kappa shape index (κ3) is 2.93. The Balaban J connectivity index is 1.93. The lowest BCUT2D eigenvalue weighted by Gasteiger charge is -2.14. The molecule has 1 unspecified atom stereocenters. The Morgan fingerprint density at radius 3 is 2.94 bits per heavy atom. The maximum atomic E-state index is 11.7. The van der Waals surface area contributed by atoms with E-state index in [1.807, 2.05) is 0 Å². The van der Waals surface area contributed by atoms with Crippen LogP contribution in [0.25, 0.3) is 0 Å². The number of carbonyl (C=O) groups excluding carboxylic acids is 1. The van der Waals surface area contributed by atoms with Gasteiger partial charge in [-0.25, -0.2) is 5.43 Å². The van der Waals surface area contributed by atoms with Gasteiger partial charge in [-0.2, -0.15) is 0 Å². The number of pyridine rings is 1. The van der Waals surface area contributed by atoms with Gasteiger partial charge < -0.3 is 9.52 Å². The Kier molecular flexibility index (Phi) is 4.06. The number of hydrogen-bond donors (Lipinski definition) is 3. The SMILES string of the molecule is O=C(NNC(CO)c1ccco1)c1cccnc1. The number of rotatable bonds is 5. The second-order valence-corrected chi connectivity index (χ2v) is 3.59. The van der Waals surface area contributed by atoms with E-state index in [4.69, 9.17) is 4.42 Å². The predicted molar refractivity (Wildman–Crippen MR) is 63.4 cm³/mol. The maximum absolute atomic E-state index is 11.7. The van der Waals surface area contributed by atoms with Crippen molar-refractivity contribution in [2.24, 2.45) is 0 Å². The van der Waals surface area contributed by atoms with E-state index in [1.54, 1.807) is 30.5 Å². The fourth-order valence-electron chi connectivity index (χ4n) is 1.42. The Bertz CT molecular complexity index is 485. The van der Waals surface area contributed by atoms with Crippen molar-refractivity contribution in [2.75, 3.05) is 6.61 Å². The first-order valence-corrected chi connectivity index (χ1v) is 5.41. The molecule has 0 bridgehead atoms. The minimum absolute atomic E-state index is 0.194. The van der Waals surface area contributed by atoms with Gasteiger partial charge in [0.2, 0.25) is 0 Å². The van der Waals surface area contributed by atoms with E-state index < -0.39 is 6.04 Å². The molecule has 0 aliphatic carbocycles. The zero-order valence-electron chi connectivity index (χ0n) is 9.54. The summed E-state index contributed by atoms with van der Waals surface area (Å²) >= 11 is 0. The number of aliphatic hydroxyl groups is 1. The summed E-state index contributed by atoms with van der Waals surface area (Å²) in [7, 11) is 0. The molecule has 3 N–H and O–H groups in total. The van der Waals surface area contributed by atoms with Crippen molar-refractivity contribution in [1.29, 1.82) is 0 Å². The lowest BCUT2D eigenvalue weighted by atomic mass is 10.2. The molecule has 6 heteroatoms. The number of aliphatic hydroxyl groups excluding tert-OH is 1. The van der Waals surface area contributed by atoms with Crippen LogP contribution in [0.15, 0.2) is 47.3 Å². The Morgan fingerprint density at radius 2 is 2.33 bits per heavy atom. The van der Waals surface area contributed by atoms with E-state index >= 15 is 0 Å². The van der Waals surface area contributed by atoms with Gasteiger partial charge in [0.25, 0.3) is 5.91 Å². The minimum atomic E-state index is -0.486. The van der Waals surface area contributed by atoms with E-state index in [0.29, 0.717) is 11.3 Å². The average molecular weight is 247 g/mol. The monoisotopic (exact) mass is 247 g/mol. The molecule has 0 fully saturated rings. The fourth-order valence-corrected chi connectivity index (χ4v) is 1.42. The van der Waals surface area contributed by atoms with Crippen LogP contribution in [-0.4, -0.2) is 22.6 Å². The molecule has 1 amide bonds. The molecule has 94 valence electrons. The third-order valence-corrected chi connectivity index (χ3v) is 2.35. The van der Waals surface area contributed by atoms with Crippen molar-refractivity contribution in [3.05, 3.63) is 54.2 Å². The molecule has 2 aromatic rings. The van der Waals surface area contributed by atoms with E-state index in [2.05, 4.69) is 15.8 Å². The number of nitrogens with one attached hydrogen (secondary N) is 2. The van der Waals surface area contributed by atoms with Crippen LogP contribution in [0.2, 0.25) is 0 Å². The molecule has 0 aromatic carbocycles. The summed E-state index contributed by atoms with van der Waals surface area (Å²) < 4.78 is 5.14. The van der Waals surface area contributed by atoms with Crippen LogP contribution in [0.3, 0.4) is 0 Å². The molecule has 2 rings (SSSR count). The van der Waals surface area contributed by atoms with Gasteiger partial charge in [0.15, 0.2) is 0 Å². The molecule has 0 saturated carbocycles. The second kappa shape index (κ2) is 5.95. The number of carbonyl (C=O) groups is 1. The van der Waals surface area contributed by atoms with Crippen LogP contribution < -0.4 is 10.9 Å². The summed E-state index contributed by atoms with van der Waals surface area (Å²) in [5, 5.41) is 9.20. The standard InChI is InChI=1S/C12H13N3O3/c16-8-10(11-4-2-6-18-11)14-15-12(17)9-3-1-5-13-7-9/h1-7,10,14,16H,8H2,(H,15,17). The van der Waals surface area contributed by atoms with Gasteiger partial charge >= 0.3 is 0 Å². The first-order valence-electron chi connectivity index (χ1n) is 5.41. The van der Waals surface area contributed by atoms with Gasteiger partial charge in [-0.1, -0.05) is 0 Å². The average Bonchev–Trinajstić information content (AvgIpc) is 2.94. The Morgan fingerprint density at radius 1 is 1.44 bits per heavy atom. The van der Waals surface area contributed by atoms with Crippen molar-refractivity contribution in [3.8, 4) is 0 Å². The van der Waals surface area contributed by atoms with Crippen LogP contribution in [0.1, 0.15) is 22.2 Å². The van der Waals surface area contributed by atoms with Crippen molar-refractivity contribution in [1.82, 2.24) is 15.8 Å². The van der Waals surface area contributed by atoms with Gasteiger partial charge in [0, 0.05) is 12.4 Å². The zero-order valence-corrected chi connectivity index (χ0v) is 9.54. The highest BCUT2D eigenvalue weighted by atomic mass is 16.3. The number of furan rings is 1. The molecule has 0 aliphatic rings. The van der Waals surface area contributed by atoms with Crippen LogP contribution in [0.5, 0.6) is 0 Å². The van der Waals surface area contributed by atoms with E-state index in [0.717, 1.165) is 0 Å². The molecule has 18 heavy (non-hydrogen) atoms. The third-order valence-electron chi connectivity index (χ3n) is 2.35. The number of amides is 1. The number of nitrogens with zero attached hydrogens (tertiary/aromatic N) is 1. The largest absolute Gasteiger partial charge is 0.468 e. The Labute approximate surface area is 104 Å². The molecule has 0 radical (unpaired) electrons. The number of hydrazine groups is 1. The van der Waals surface area contributed by atoms with E-state index in [-0.39, 0.29) is 12.5 Å². The topological polar surface area (TPSA) is 87.4 Å². The first-order chi connectivity index (χ1) is 8.81. The molecule has 2 aromatic heterocycles. The first kappa shape index (κ1) is 12.3. The van der Waals surface area contributed by atoms with Crippen LogP contribution >= 0.6 is 0 Å². The van der Waals surface area contributed by atoms with Gasteiger partial charge in [-0.05, 0) is 24.3 Å². The molecular formula is C12H13N3O3. The van der Waals surface area contributed by atoms with Crippen LogP contribution in [-0.2, 0) is 0 Å².